The van der Waals surface area contributed by atoms with Crippen LogP contribution in [0.4, 0.5) is 0 Å². The Labute approximate surface area is 113 Å². The van der Waals surface area contributed by atoms with Crippen molar-refractivity contribution in [2.24, 2.45) is 0 Å². The van der Waals surface area contributed by atoms with Gasteiger partial charge < -0.3 is 5.32 Å². The minimum absolute atomic E-state index is 0.0841. The lowest BCUT2D eigenvalue weighted by Crippen LogP contribution is -2.41. The molecule has 1 N–H and O–H groups in total. The number of hydrogen-bond acceptors (Lipinski definition) is 4. The van der Waals surface area contributed by atoms with Crippen LogP contribution < -0.4 is 5.32 Å². The molecule has 108 valence electrons. The van der Waals surface area contributed by atoms with Gasteiger partial charge in [-0.25, -0.2) is 0 Å². The zero-order valence-corrected chi connectivity index (χ0v) is 13.0. The molecule has 18 heavy (non-hydrogen) atoms. The normalized spacial score (nSPS) is 15.1. The molecule has 0 bridgehead atoms. The Morgan fingerprint density at radius 3 is 2.06 bits per heavy atom. The minimum atomic E-state index is 0.0841. The van der Waals surface area contributed by atoms with Crippen molar-refractivity contribution in [1.29, 1.82) is 0 Å². The van der Waals surface area contributed by atoms with Gasteiger partial charge in [0, 0.05) is 6.42 Å². The maximum absolute atomic E-state index is 12.0. The standard InChI is InChI=1S/C14H31N3O/c1-7-12(16(3)4)13(18)10-9-11-15-14(8-2)17(5)6/h12,14-15H,7-11H2,1-6H3. The number of Topliss-reactive ketones (excluding diaryl/α,β-unsaturated/α-hetero) is 1. The van der Waals surface area contributed by atoms with E-state index >= 15 is 0 Å². The number of carbonyl (C=O) groups excluding carboxylic acids is 1. The molecule has 0 aliphatic carbocycles. The molecule has 0 aromatic carbocycles. The monoisotopic (exact) mass is 257 g/mol. The van der Waals surface area contributed by atoms with Crippen LogP contribution in [0.3, 0.4) is 0 Å². The molecule has 0 radical (unpaired) electrons. The maximum Gasteiger partial charge on any atom is 0.149 e. The fourth-order valence-electron chi connectivity index (χ4n) is 2.27. The predicted octanol–water partition coefficient (Wildman–Crippen LogP) is 1.56. The summed E-state index contributed by atoms with van der Waals surface area (Å²) in [4.78, 5) is 16.2. The molecule has 2 atom stereocenters. The molecule has 2 unspecified atom stereocenters. The molecule has 0 aromatic rings. The van der Waals surface area contributed by atoms with E-state index < -0.39 is 0 Å². The Bertz CT molecular complexity index is 229. The smallest absolute Gasteiger partial charge is 0.149 e. The highest BCUT2D eigenvalue weighted by molar-refractivity contribution is 5.83. The SMILES string of the molecule is CCC(NCCCC(=O)C(CC)N(C)C)N(C)C. The van der Waals surface area contributed by atoms with Gasteiger partial charge in [-0.2, -0.15) is 0 Å². The topological polar surface area (TPSA) is 35.6 Å². The van der Waals surface area contributed by atoms with E-state index in [4.69, 9.17) is 0 Å². The summed E-state index contributed by atoms with van der Waals surface area (Å²) in [6.07, 6.45) is 3.99. The predicted molar refractivity (Wildman–Crippen MR) is 77.8 cm³/mol. The Morgan fingerprint density at radius 2 is 1.67 bits per heavy atom. The summed E-state index contributed by atoms with van der Waals surface area (Å²) < 4.78 is 0. The van der Waals surface area contributed by atoms with E-state index in [1.165, 1.54) is 0 Å². The Morgan fingerprint density at radius 1 is 1.06 bits per heavy atom. The zero-order chi connectivity index (χ0) is 14.1. The van der Waals surface area contributed by atoms with Crippen molar-refractivity contribution < 1.29 is 4.79 Å². The number of likely N-dealkylation sites (N-methyl/N-ethyl adjacent to an activating group) is 1. The van der Waals surface area contributed by atoms with Crippen LogP contribution in [0.1, 0.15) is 39.5 Å². The highest BCUT2D eigenvalue weighted by atomic mass is 16.1. The zero-order valence-electron chi connectivity index (χ0n) is 13.0. The number of ketones is 1. The van der Waals surface area contributed by atoms with Crippen LogP contribution in [0, 0.1) is 0 Å². The first-order valence-electron chi connectivity index (χ1n) is 7.02. The Hall–Kier alpha value is -0.450. The van der Waals surface area contributed by atoms with Crippen LogP contribution in [0.5, 0.6) is 0 Å². The van der Waals surface area contributed by atoms with Gasteiger partial charge in [0.05, 0.1) is 12.2 Å². The minimum Gasteiger partial charge on any atom is -0.302 e. The van der Waals surface area contributed by atoms with Gasteiger partial charge in [0.1, 0.15) is 5.78 Å². The van der Waals surface area contributed by atoms with E-state index in [1.54, 1.807) is 0 Å². The molecule has 0 aromatic heterocycles. The maximum atomic E-state index is 12.0. The number of rotatable bonds is 10. The second-order valence-corrected chi connectivity index (χ2v) is 5.30. The van der Waals surface area contributed by atoms with E-state index in [-0.39, 0.29) is 6.04 Å². The van der Waals surface area contributed by atoms with Crippen molar-refractivity contribution in [1.82, 2.24) is 15.1 Å². The van der Waals surface area contributed by atoms with Crippen molar-refractivity contribution in [3.63, 3.8) is 0 Å². The third kappa shape index (κ3) is 6.47. The lowest BCUT2D eigenvalue weighted by atomic mass is 10.0. The molecule has 0 aliphatic heterocycles. The van der Waals surface area contributed by atoms with Crippen molar-refractivity contribution in [3.8, 4) is 0 Å². The molecule has 4 nitrogen and oxygen atoms in total. The third-order valence-electron chi connectivity index (χ3n) is 3.37. The van der Waals surface area contributed by atoms with Gasteiger partial charge in [0.15, 0.2) is 0 Å². The van der Waals surface area contributed by atoms with Crippen molar-refractivity contribution in [3.05, 3.63) is 0 Å². The Kier molecular flexibility index (Phi) is 9.24. The van der Waals surface area contributed by atoms with Gasteiger partial charge in [0.2, 0.25) is 0 Å². The molecule has 0 saturated carbocycles. The molecular weight excluding hydrogens is 226 g/mol. The first-order valence-corrected chi connectivity index (χ1v) is 7.02. The number of carbonyl (C=O) groups is 1. The lowest BCUT2D eigenvalue weighted by Gasteiger charge is -2.24. The summed E-state index contributed by atoms with van der Waals surface area (Å²) in [5.74, 6) is 0.363. The van der Waals surface area contributed by atoms with Crippen LogP contribution in [0.25, 0.3) is 0 Å². The quantitative estimate of drug-likeness (QED) is 0.476. The van der Waals surface area contributed by atoms with Gasteiger partial charge in [-0.15, -0.1) is 0 Å². The second kappa shape index (κ2) is 9.48. The van der Waals surface area contributed by atoms with Crippen molar-refractivity contribution in [2.75, 3.05) is 34.7 Å². The van der Waals surface area contributed by atoms with Crippen LogP contribution in [-0.2, 0) is 4.79 Å². The summed E-state index contributed by atoms with van der Waals surface area (Å²) in [6, 6.07) is 0.0841. The fourth-order valence-corrected chi connectivity index (χ4v) is 2.27. The molecule has 0 saturated heterocycles. The summed E-state index contributed by atoms with van der Waals surface area (Å²) in [5.41, 5.74) is 0. The van der Waals surface area contributed by atoms with E-state index in [0.29, 0.717) is 18.4 Å². The van der Waals surface area contributed by atoms with Crippen LogP contribution in [0.15, 0.2) is 0 Å². The summed E-state index contributed by atoms with van der Waals surface area (Å²) >= 11 is 0. The molecule has 0 aliphatic rings. The Balaban J connectivity index is 3.87. The fraction of sp³-hybridized carbons (Fsp3) is 0.929. The van der Waals surface area contributed by atoms with Gasteiger partial charge in [0.25, 0.3) is 0 Å². The van der Waals surface area contributed by atoms with Gasteiger partial charge in [-0.3, -0.25) is 14.6 Å². The van der Waals surface area contributed by atoms with Crippen molar-refractivity contribution in [2.45, 2.75) is 51.7 Å². The average Bonchev–Trinajstić information content (AvgIpc) is 2.28. The van der Waals surface area contributed by atoms with E-state index in [2.05, 4.69) is 38.2 Å². The molecular formula is C14H31N3O. The van der Waals surface area contributed by atoms with Gasteiger partial charge >= 0.3 is 0 Å². The van der Waals surface area contributed by atoms with Crippen LogP contribution >= 0.6 is 0 Å². The second-order valence-electron chi connectivity index (χ2n) is 5.30. The molecule has 0 heterocycles. The largest absolute Gasteiger partial charge is 0.302 e. The number of hydrogen-bond donors (Lipinski definition) is 1. The summed E-state index contributed by atoms with van der Waals surface area (Å²) in [7, 11) is 8.10. The summed E-state index contributed by atoms with van der Waals surface area (Å²) in [6.45, 7) is 5.15. The van der Waals surface area contributed by atoms with Crippen molar-refractivity contribution >= 4 is 5.78 Å². The third-order valence-corrected chi connectivity index (χ3v) is 3.37. The highest BCUT2D eigenvalue weighted by Crippen LogP contribution is 2.05. The first-order chi connectivity index (χ1) is 8.43. The van der Waals surface area contributed by atoms with Crippen LogP contribution in [-0.4, -0.2) is 62.5 Å². The first kappa shape index (κ1) is 17.6. The molecule has 4 heteroatoms. The van der Waals surface area contributed by atoms with E-state index in [0.717, 1.165) is 25.8 Å². The average molecular weight is 257 g/mol. The summed E-state index contributed by atoms with van der Waals surface area (Å²) in [5, 5.41) is 3.47. The molecule has 0 fully saturated rings. The lowest BCUT2D eigenvalue weighted by molar-refractivity contribution is -0.123. The highest BCUT2D eigenvalue weighted by Gasteiger charge is 2.17. The van der Waals surface area contributed by atoms with E-state index in [9.17, 15) is 4.79 Å². The number of nitrogens with one attached hydrogen (secondary N) is 1. The van der Waals surface area contributed by atoms with Crippen LogP contribution in [0.2, 0.25) is 0 Å². The van der Waals surface area contributed by atoms with Gasteiger partial charge in [-0.1, -0.05) is 13.8 Å². The van der Waals surface area contributed by atoms with E-state index in [1.807, 2.05) is 19.0 Å². The van der Waals surface area contributed by atoms with Gasteiger partial charge in [-0.05, 0) is 54.0 Å². The number of nitrogens with zero attached hydrogens (tertiary/aromatic N) is 2. The molecule has 0 rings (SSSR count). The molecule has 0 amide bonds. The molecule has 0 spiro atoms.